The van der Waals surface area contributed by atoms with E-state index in [1.54, 1.807) is 0 Å². The highest BCUT2D eigenvalue weighted by molar-refractivity contribution is 7.89. The number of halogens is 1. The number of unbranched alkanes of at least 4 members (excludes halogenated alkanes) is 1. The number of aryl methyl sites for hydroxylation is 1. The van der Waals surface area contributed by atoms with Crippen LogP contribution in [0.1, 0.15) is 19.8 Å². The fourth-order valence-corrected chi connectivity index (χ4v) is 2.59. The van der Waals surface area contributed by atoms with E-state index in [9.17, 15) is 8.42 Å². The first kappa shape index (κ1) is 16.4. The Morgan fingerprint density at radius 2 is 2.18 bits per heavy atom. The van der Waals surface area contributed by atoms with Crippen molar-refractivity contribution in [2.75, 3.05) is 13.1 Å². The van der Waals surface area contributed by atoms with Gasteiger partial charge in [-0.2, -0.15) is 5.10 Å². The molecule has 0 saturated heterocycles. The standard InChI is InChI=1S/C9H18N4O2S.ClH/c1-2-13-9(5-8-11-13)16(14,15)12-7-4-3-6-10;/h5,8,12H,2-4,6-7,10H2,1H3;1H. The van der Waals surface area contributed by atoms with E-state index in [4.69, 9.17) is 5.73 Å². The zero-order valence-electron chi connectivity index (χ0n) is 9.80. The molecule has 0 spiro atoms. The van der Waals surface area contributed by atoms with Crippen LogP contribution >= 0.6 is 12.4 Å². The highest BCUT2D eigenvalue weighted by Gasteiger charge is 2.17. The number of sulfonamides is 1. The number of hydrogen-bond donors (Lipinski definition) is 2. The summed E-state index contributed by atoms with van der Waals surface area (Å²) in [6, 6.07) is 1.49. The zero-order valence-corrected chi connectivity index (χ0v) is 11.4. The fraction of sp³-hybridized carbons (Fsp3) is 0.667. The monoisotopic (exact) mass is 282 g/mol. The maximum absolute atomic E-state index is 11.8. The van der Waals surface area contributed by atoms with E-state index >= 15 is 0 Å². The smallest absolute Gasteiger partial charge is 0.257 e. The lowest BCUT2D eigenvalue weighted by Gasteiger charge is -2.07. The summed E-state index contributed by atoms with van der Waals surface area (Å²) in [5.41, 5.74) is 5.33. The lowest BCUT2D eigenvalue weighted by atomic mass is 10.3. The summed E-state index contributed by atoms with van der Waals surface area (Å²) >= 11 is 0. The average Bonchev–Trinajstić information content (AvgIpc) is 2.73. The van der Waals surface area contributed by atoms with Gasteiger partial charge in [-0.1, -0.05) is 0 Å². The first-order valence-corrected chi connectivity index (χ1v) is 6.81. The molecule has 1 heterocycles. The number of nitrogens with two attached hydrogens (primary N) is 1. The van der Waals surface area contributed by atoms with Crippen molar-refractivity contribution in [2.45, 2.75) is 31.3 Å². The van der Waals surface area contributed by atoms with Gasteiger partial charge in [0.15, 0.2) is 5.03 Å². The molecule has 1 aromatic heterocycles. The van der Waals surface area contributed by atoms with Crippen LogP contribution in [0.15, 0.2) is 17.3 Å². The topological polar surface area (TPSA) is 90.0 Å². The number of nitrogens with zero attached hydrogens (tertiary/aromatic N) is 2. The minimum Gasteiger partial charge on any atom is -0.330 e. The summed E-state index contributed by atoms with van der Waals surface area (Å²) in [4.78, 5) is 0. The molecule has 0 atom stereocenters. The molecule has 0 amide bonds. The average molecular weight is 283 g/mol. The molecular weight excluding hydrogens is 264 g/mol. The van der Waals surface area contributed by atoms with Gasteiger partial charge in [0.05, 0.1) is 6.20 Å². The molecule has 3 N–H and O–H groups in total. The predicted molar refractivity (Wildman–Crippen MR) is 68.6 cm³/mol. The number of hydrogen-bond acceptors (Lipinski definition) is 4. The number of nitrogens with one attached hydrogen (secondary N) is 1. The van der Waals surface area contributed by atoms with Gasteiger partial charge < -0.3 is 5.73 Å². The first-order valence-electron chi connectivity index (χ1n) is 5.33. The molecule has 1 aromatic rings. The van der Waals surface area contributed by atoms with Gasteiger partial charge >= 0.3 is 0 Å². The van der Waals surface area contributed by atoms with E-state index in [2.05, 4.69) is 9.82 Å². The lowest BCUT2D eigenvalue weighted by molar-refractivity contribution is 0.541. The second kappa shape index (κ2) is 7.65. The summed E-state index contributed by atoms with van der Waals surface area (Å²) in [6.45, 7) is 3.37. The van der Waals surface area contributed by atoms with Gasteiger partial charge in [0.1, 0.15) is 0 Å². The number of rotatable bonds is 7. The van der Waals surface area contributed by atoms with Gasteiger partial charge in [-0.05, 0) is 32.4 Å². The van der Waals surface area contributed by atoms with Gasteiger partial charge in [-0.3, -0.25) is 4.68 Å². The Hall–Kier alpha value is -0.630. The Balaban J connectivity index is 0.00000256. The Bertz CT molecular complexity index is 418. The van der Waals surface area contributed by atoms with Crippen LogP contribution in [-0.4, -0.2) is 31.3 Å². The third-order valence-corrected chi connectivity index (χ3v) is 3.66. The van der Waals surface area contributed by atoms with Crippen molar-refractivity contribution in [1.29, 1.82) is 0 Å². The molecule has 0 bridgehead atoms. The van der Waals surface area contributed by atoms with Gasteiger partial charge in [0, 0.05) is 13.1 Å². The first-order chi connectivity index (χ1) is 7.61. The van der Waals surface area contributed by atoms with Crippen molar-refractivity contribution in [2.24, 2.45) is 5.73 Å². The molecule has 1 rings (SSSR count). The highest BCUT2D eigenvalue weighted by atomic mass is 35.5. The van der Waals surface area contributed by atoms with E-state index in [1.807, 2.05) is 6.92 Å². The van der Waals surface area contributed by atoms with E-state index in [0.29, 0.717) is 19.6 Å². The third kappa shape index (κ3) is 4.63. The van der Waals surface area contributed by atoms with Crippen molar-refractivity contribution < 1.29 is 8.42 Å². The lowest BCUT2D eigenvalue weighted by Crippen LogP contribution is -2.27. The van der Waals surface area contributed by atoms with Crippen molar-refractivity contribution >= 4 is 22.4 Å². The van der Waals surface area contributed by atoms with Crippen molar-refractivity contribution in [3.05, 3.63) is 12.3 Å². The second-order valence-corrected chi connectivity index (χ2v) is 5.09. The van der Waals surface area contributed by atoms with Gasteiger partial charge in [0.2, 0.25) is 0 Å². The summed E-state index contributed by atoms with van der Waals surface area (Å²) in [5.74, 6) is 0. The van der Waals surface area contributed by atoms with Crippen molar-refractivity contribution in [1.82, 2.24) is 14.5 Å². The maximum atomic E-state index is 11.8. The van der Waals surface area contributed by atoms with Crippen molar-refractivity contribution in [3.63, 3.8) is 0 Å². The van der Waals surface area contributed by atoms with E-state index in [1.165, 1.54) is 16.9 Å². The van der Waals surface area contributed by atoms with Crippen LogP contribution < -0.4 is 10.5 Å². The van der Waals surface area contributed by atoms with Crippen LogP contribution in [0.4, 0.5) is 0 Å². The molecule has 6 nitrogen and oxygen atoms in total. The SMILES string of the molecule is CCn1nccc1S(=O)(=O)NCCCCN.Cl. The molecule has 8 heteroatoms. The zero-order chi connectivity index (χ0) is 12.0. The molecule has 0 saturated carbocycles. The summed E-state index contributed by atoms with van der Waals surface area (Å²) in [6.07, 6.45) is 3.05. The largest absolute Gasteiger partial charge is 0.330 e. The van der Waals surface area contributed by atoms with Gasteiger partial charge in [-0.15, -0.1) is 12.4 Å². The van der Waals surface area contributed by atoms with E-state index < -0.39 is 10.0 Å². The molecule has 0 aromatic carbocycles. The maximum Gasteiger partial charge on any atom is 0.257 e. The minimum atomic E-state index is -3.43. The van der Waals surface area contributed by atoms with Crippen LogP contribution in [0.3, 0.4) is 0 Å². The molecule has 0 unspecified atom stereocenters. The predicted octanol–water partition coefficient (Wildman–Crippen LogP) is 0.342. The Labute approximate surface area is 108 Å². The Kier molecular flexibility index (Phi) is 7.37. The molecule has 100 valence electrons. The van der Waals surface area contributed by atoms with Crippen LogP contribution in [-0.2, 0) is 16.6 Å². The molecule has 0 fully saturated rings. The molecule has 0 radical (unpaired) electrons. The number of aromatic nitrogens is 2. The van der Waals surface area contributed by atoms with Crippen LogP contribution in [0.25, 0.3) is 0 Å². The van der Waals surface area contributed by atoms with Gasteiger partial charge in [0.25, 0.3) is 10.0 Å². The van der Waals surface area contributed by atoms with Gasteiger partial charge in [-0.25, -0.2) is 13.1 Å². The molecule has 0 aliphatic rings. The molecule has 0 aliphatic heterocycles. The second-order valence-electron chi connectivity index (χ2n) is 3.38. The van der Waals surface area contributed by atoms with Crippen LogP contribution in [0.5, 0.6) is 0 Å². The van der Waals surface area contributed by atoms with Crippen molar-refractivity contribution in [3.8, 4) is 0 Å². The minimum absolute atomic E-state index is 0. The summed E-state index contributed by atoms with van der Waals surface area (Å²) < 4.78 is 27.6. The summed E-state index contributed by atoms with van der Waals surface area (Å²) in [7, 11) is -3.43. The third-order valence-electron chi connectivity index (χ3n) is 2.18. The Morgan fingerprint density at radius 1 is 1.47 bits per heavy atom. The molecule has 0 aliphatic carbocycles. The van der Waals surface area contributed by atoms with Crippen LogP contribution in [0, 0.1) is 0 Å². The van der Waals surface area contributed by atoms with E-state index in [-0.39, 0.29) is 17.4 Å². The fourth-order valence-electron chi connectivity index (χ4n) is 1.34. The Morgan fingerprint density at radius 3 is 2.76 bits per heavy atom. The highest BCUT2D eigenvalue weighted by Crippen LogP contribution is 2.07. The molecule has 17 heavy (non-hydrogen) atoms. The molecular formula is C9H19ClN4O2S. The summed E-state index contributed by atoms with van der Waals surface area (Å²) in [5, 5.41) is 4.13. The quantitative estimate of drug-likeness (QED) is 0.706. The normalized spacial score (nSPS) is 11.2. The van der Waals surface area contributed by atoms with E-state index in [0.717, 1.165) is 12.8 Å². The van der Waals surface area contributed by atoms with Crippen LogP contribution in [0.2, 0.25) is 0 Å².